The van der Waals surface area contributed by atoms with Crippen molar-refractivity contribution < 1.29 is 4.79 Å². The lowest BCUT2D eigenvalue weighted by Gasteiger charge is -2.28. The van der Waals surface area contributed by atoms with Gasteiger partial charge in [-0.1, -0.05) is 11.6 Å². The molecule has 0 unspecified atom stereocenters. The van der Waals surface area contributed by atoms with Gasteiger partial charge in [0.15, 0.2) is 0 Å². The Bertz CT molecular complexity index is 266. The number of hydrogen-bond acceptors (Lipinski definition) is 2. The molecule has 0 aromatic carbocycles. The summed E-state index contributed by atoms with van der Waals surface area (Å²) >= 11 is 0. The van der Waals surface area contributed by atoms with Gasteiger partial charge in [0.2, 0.25) is 5.91 Å². The van der Waals surface area contributed by atoms with Crippen LogP contribution in [0, 0.1) is 0 Å². The molecular formula is C10H16N2O. The van der Waals surface area contributed by atoms with Crippen molar-refractivity contribution in [3.63, 3.8) is 0 Å². The van der Waals surface area contributed by atoms with Gasteiger partial charge in [0, 0.05) is 13.1 Å². The maximum Gasteiger partial charge on any atom is 0.242 e. The summed E-state index contributed by atoms with van der Waals surface area (Å²) in [6.07, 6.45) is 4.91. The highest BCUT2D eigenvalue weighted by molar-refractivity contribution is 5.89. The largest absolute Gasteiger partial charge is 0.337 e. The number of nitrogens with zero attached hydrogens (tertiary/aromatic N) is 1. The topological polar surface area (TPSA) is 46.3 Å². The molecule has 0 bridgehead atoms. The van der Waals surface area contributed by atoms with Gasteiger partial charge in [0.1, 0.15) is 0 Å². The van der Waals surface area contributed by atoms with E-state index >= 15 is 0 Å². The molecule has 13 heavy (non-hydrogen) atoms. The van der Waals surface area contributed by atoms with Gasteiger partial charge in [0.25, 0.3) is 0 Å². The highest BCUT2D eigenvalue weighted by Crippen LogP contribution is 2.34. The summed E-state index contributed by atoms with van der Waals surface area (Å²) in [6.45, 7) is 3.68. The third-order valence-electron chi connectivity index (χ3n) is 2.83. The van der Waals surface area contributed by atoms with Gasteiger partial charge in [-0.3, -0.25) is 4.79 Å². The molecule has 2 rings (SSSR count). The van der Waals surface area contributed by atoms with Crippen LogP contribution in [0.15, 0.2) is 11.6 Å². The summed E-state index contributed by atoms with van der Waals surface area (Å²) in [5, 5.41) is 0. The minimum Gasteiger partial charge on any atom is -0.337 e. The zero-order valence-electron chi connectivity index (χ0n) is 8.05. The zero-order valence-corrected chi connectivity index (χ0v) is 8.05. The van der Waals surface area contributed by atoms with E-state index in [-0.39, 0.29) is 5.91 Å². The van der Waals surface area contributed by atoms with Crippen molar-refractivity contribution >= 4 is 5.91 Å². The second-order valence-electron chi connectivity index (χ2n) is 4.22. The summed E-state index contributed by atoms with van der Waals surface area (Å²) in [6, 6.07) is 0. The van der Waals surface area contributed by atoms with E-state index in [0.29, 0.717) is 0 Å². The first-order valence-corrected chi connectivity index (χ1v) is 4.86. The minimum absolute atomic E-state index is 0.153. The Morgan fingerprint density at radius 2 is 2.31 bits per heavy atom. The lowest BCUT2D eigenvalue weighted by atomic mass is 10.1. The molecule has 0 aromatic rings. The van der Waals surface area contributed by atoms with E-state index in [1.54, 1.807) is 0 Å². The second-order valence-corrected chi connectivity index (χ2v) is 4.22. The van der Waals surface area contributed by atoms with Gasteiger partial charge in [-0.25, -0.2) is 0 Å². The van der Waals surface area contributed by atoms with Gasteiger partial charge < -0.3 is 10.6 Å². The van der Waals surface area contributed by atoms with Crippen LogP contribution >= 0.6 is 0 Å². The van der Waals surface area contributed by atoms with Crippen LogP contribution in [-0.4, -0.2) is 29.4 Å². The molecule has 3 heteroatoms. The maximum atomic E-state index is 11.8. The van der Waals surface area contributed by atoms with Crippen molar-refractivity contribution in [2.45, 2.75) is 31.7 Å². The Morgan fingerprint density at radius 3 is 2.85 bits per heavy atom. The van der Waals surface area contributed by atoms with Gasteiger partial charge >= 0.3 is 0 Å². The summed E-state index contributed by atoms with van der Waals surface area (Å²) in [5.41, 5.74) is 6.65. The van der Waals surface area contributed by atoms with Crippen molar-refractivity contribution in [1.29, 1.82) is 0 Å². The Morgan fingerprint density at radius 1 is 1.62 bits per heavy atom. The molecule has 72 valence electrons. The predicted molar refractivity (Wildman–Crippen MR) is 51.1 cm³/mol. The molecular weight excluding hydrogens is 164 g/mol. The molecule has 1 aliphatic heterocycles. The number of nitrogens with two attached hydrogens (primary N) is 1. The van der Waals surface area contributed by atoms with Crippen LogP contribution in [0.5, 0.6) is 0 Å². The minimum atomic E-state index is -0.488. The summed E-state index contributed by atoms with van der Waals surface area (Å²) in [4.78, 5) is 13.7. The highest BCUT2D eigenvalue weighted by atomic mass is 16.2. The first-order chi connectivity index (χ1) is 6.12. The fourth-order valence-corrected chi connectivity index (χ4v) is 1.75. The third kappa shape index (κ3) is 1.61. The average molecular weight is 180 g/mol. The van der Waals surface area contributed by atoms with E-state index in [2.05, 4.69) is 13.0 Å². The average Bonchev–Trinajstić information content (AvgIpc) is 2.84. The standard InChI is InChI=1S/C10H16N2O/c1-8-3-2-6-12(7-8)9(13)10(11)4-5-10/h3H,2,4-7,11H2,1H3. The van der Waals surface area contributed by atoms with Crippen LogP contribution < -0.4 is 5.73 Å². The molecule has 0 aromatic heterocycles. The van der Waals surface area contributed by atoms with Crippen LogP contribution in [-0.2, 0) is 4.79 Å². The van der Waals surface area contributed by atoms with E-state index in [1.165, 1.54) is 5.57 Å². The summed E-state index contributed by atoms with van der Waals surface area (Å²) in [5.74, 6) is 0.153. The number of carbonyl (C=O) groups is 1. The van der Waals surface area contributed by atoms with E-state index in [1.807, 2.05) is 4.90 Å². The number of rotatable bonds is 1. The Hall–Kier alpha value is -0.830. The third-order valence-corrected chi connectivity index (χ3v) is 2.83. The van der Waals surface area contributed by atoms with E-state index < -0.39 is 5.54 Å². The molecule has 0 spiro atoms. The molecule has 3 nitrogen and oxygen atoms in total. The lowest BCUT2D eigenvalue weighted by molar-refractivity contribution is -0.133. The Balaban J connectivity index is 2.02. The molecule has 1 fully saturated rings. The number of hydrogen-bond donors (Lipinski definition) is 1. The molecule has 2 aliphatic rings. The summed E-state index contributed by atoms with van der Waals surface area (Å²) < 4.78 is 0. The normalized spacial score (nSPS) is 25.4. The molecule has 0 radical (unpaired) electrons. The lowest BCUT2D eigenvalue weighted by Crippen LogP contribution is -2.47. The van der Waals surface area contributed by atoms with Gasteiger partial charge in [0.05, 0.1) is 5.54 Å². The highest BCUT2D eigenvalue weighted by Gasteiger charge is 2.48. The van der Waals surface area contributed by atoms with E-state index in [0.717, 1.165) is 32.4 Å². The van der Waals surface area contributed by atoms with Crippen molar-refractivity contribution in [2.24, 2.45) is 5.73 Å². The summed E-state index contributed by atoms with van der Waals surface area (Å²) in [7, 11) is 0. The molecule has 0 atom stereocenters. The molecule has 0 saturated heterocycles. The Labute approximate surface area is 78.6 Å². The van der Waals surface area contributed by atoms with Gasteiger partial charge in [-0.2, -0.15) is 0 Å². The van der Waals surface area contributed by atoms with Crippen LogP contribution in [0.25, 0.3) is 0 Å². The van der Waals surface area contributed by atoms with Crippen LogP contribution in [0.4, 0.5) is 0 Å². The van der Waals surface area contributed by atoms with E-state index in [9.17, 15) is 4.79 Å². The fraction of sp³-hybridized carbons (Fsp3) is 0.700. The quantitative estimate of drug-likeness (QED) is 0.602. The molecule has 2 N–H and O–H groups in total. The predicted octanol–water partition coefficient (Wildman–Crippen LogP) is 0.656. The second kappa shape index (κ2) is 2.84. The van der Waals surface area contributed by atoms with Gasteiger partial charge in [-0.15, -0.1) is 0 Å². The van der Waals surface area contributed by atoms with Crippen molar-refractivity contribution in [3.05, 3.63) is 11.6 Å². The van der Waals surface area contributed by atoms with Crippen molar-refractivity contribution in [2.75, 3.05) is 13.1 Å². The van der Waals surface area contributed by atoms with Crippen molar-refractivity contribution in [1.82, 2.24) is 4.90 Å². The van der Waals surface area contributed by atoms with Crippen LogP contribution in [0.3, 0.4) is 0 Å². The fourth-order valence-electron chi connectivity index (χ4n) is 1.75. The van der Waals surface area contributed by atoms with E-state index in [4.69, 9.17) is 5.73 Å². The molecule has 1 saturated carbocycles. The maximum absolute atomic E-state index is 11.8. The monoisotopic (exact) mass is 180 g/mol. The SMILES string of the molecule is CC1=CCCN(C(=O)C2(N)CC2)C1. The molecule has 1 amide bonds. The van der Waals surface area contributed by atoms with Gasteiger partial charge in [-0.05, 0) is 26.2 Å². The first kappa shape index (κ1) is 8.75. The van der Waals surface area contributed by atoms with Crippen LogP contribution in [0.1, 0.15) is 26.2 Å². The molecule has 1 aliphatic carbocycles. The number of amides is 1. The van der Waals surface area contributed by atoms with Crippen molar-refractivity contribution in [3.8, 4) is 0 Å². The smallest absolute Gasteiger partial charge is 0.242 e. The Kier molecular flexibility index (Phi) is 1.91. The number of carbonyl (C=O) groups excluding carboxylic acids is 1. The van der Waals surface area contributed by atoms with Crippen LogP contribution in [0.2, 0.25) is 0 Å². The zero-order chi connectivity index (χ0) is 9.47. The first-order valence-electron chi connectivity index (χ1n) is 4.86. The molecule has 1 heterocycles.